The molecule has 0 aliphatic heterocycles. The molecule has 0 spiro atoms. The van der Waals surface area contributed by atoms with Crippen LogP contribution in [0.15, 0.2) is 18.2 Å². The molecule has 1 saturated carbocycles. The van der Waals surface area contributed by atoms with Gasteiger partial charge in [-0.15, -0.1) is 0 Å². The van der Waals surface area contributed by atoms with E-state index in [2.05, 4.69) is 32.0 Å². The molecule has 5 atom stereocenters. The molecule has 0 aromatic heterocycles. The molecule has 2 bridgehead atoms. The molecule has 4 rings (SSSR count). The molecule has 2 aliphatic rings. The summed E-state index contributed by atoms with van der Waals surface area (Å²) in [6, 6.07) is 6.49. The highest BCUT2D eigenvalue weighted by atomic mass is 16.5. The number of rotatable bonds is 7. The van der Waals surface area contributed by atoms with Crippen LogP contribution in [-0.2, 0) is 6.42 Å². The van der Waals surface area contributed by atoms with E-state index < -0.39 is 12.2 Å². The van der Waals surface area contributed by atoms with Gasteiger partial charge in [-0.2, -0.15) is 0 Å². The zero-order chi connectivity index (χ0) is 20.0. The summed E-state index contributed by atoms with van der Waals surface area (Å²) in [6.07, 6.45) is 2.25. The first-order valence-electron chi connectivity index (χ1n) is 10.6. The smallest absolute Gasteiger partial charge is 0.131 e. The average molecular weight is 385 g/mol. The van der Waals surface area contributed by atoms with Crippen molar-refractivity contribution in [2.24, 2.45) is 5.92 Å². The Bertz CT molecular complexity index is 871. The van der Waals surface area contributed by atoms with E-state index in [-0.39, 0.29) is 6.61 Å². The summed E-state index contributed by atoms with van der Waals surface area (Å²) in [6.45, 7) is 8.57. The van der Waals surface area contributed by atoms with E-state index in [1.54, 1.807) is 13.8 Å². The Morgan fingerprint density at radius 2 is 1.61 bits per heavy atom. The van der Waals surface area contributed by atoms with Crippen LogP contribution in [0.25, 0.3) is 10.8 Å². The predicted molar refractivity (Wildman–Crippen MR) is 112 cm³/mol. The molecule has 0 amide bonds. The van der Waals surface area contributed by atoms with Crippen LogP contribution < -0.4 is 9.47 Å². The highest BCUT2D eigenvalue weighted by molar-refractivity contribution is 5.97. The fraction of sp³-hybridized carbons (Fsp3) is 0.583. The molecule has 2 aliphatic carbocycles. The van der Waals surface area contributed by atoms with Gasteiger partial charge >= 0.3 is 0 Å². The normalized spacial score (nSPS) is 25.0. The number of ether oxygens (including phenoxy) is 2. The number of benzene rings is 2. The molecule has 4 nitrogen and oxygen atoms in total. The summed E-state index contributed by atoms with van der Waals surface area (Å²) in [5.74, 6) is 3.46. The molecule has 152 valence electrons. The van der Waals surface area contributed by atoms with Gasteiger partial charge in [0.15, 0.2) is 0 Å². The highest BCUT2D eigenvalue weighted by Crippen LogP contribution is 2.63. The van der Waals surface area contributed by atoms with E-state index in [0.29, 0.717) is 24.4 Å². The number of aliphatic hydroxyl groups is 2. The van der Waals surface area contributed by atoms with Crippen LogP contribution in [0.2, 0.25) is 0 Å². The number of aliphatic hydroxyl groups excluding tert-OH is 2. The fourth-order valence-corrected chi connectivity index (χ4v) is 5.11. The van der Waals surface area contributed by atoms with Crippen molar-refractivity contribution in [2.75, 3.05) is 13.2 Å². The summed E-state index contributed by atoms with van der Waals surface area (Å²) >= 11 is 0. The molecule has 2 aromatic rings. The molecular weight excluding hydrogens is 352 g/mol. The lowest BCUT2D eigenvalue weighted by Crippen LogP contribution is -2.18. The zero-order valence-electron chi connectivity index (χ0n) is 17.4. The quantitative estimate of drug-likeness (QED) is 0.736. The van der Waals surface area contributed by atoms with E-state index in [4.69, 9.17) is 9.47 Å². The van der Waals surface area contributed by atoms with Crippen molar-refractivity contribution in [3.05, 3.63) is 34.9 Å². The Balaban J connectivity index is 1.95. The third-order valence-electron chi connectivity index (χ3n) is 6.36. The largest absolute Gasteiger partial charge is 0.490 e. The van der Waals surface area contributed by atoms with Crippen molar-refractivity contribution in [1.82, 2.24) is 0 Å². The maximum Gasteiger partial charge on any atom is 0.131 e. The van der Waals surface area contributed by atoms with Crippen molar-refractivity contribution in [3.8, 4) is 11.5 Å². The number of hydrogen-bond donors (Lipinski definition) is 2. The van der Waals surface area contributed by atoms with Crippen molar-refractivity contribution in [3.63, 3.8) is 0 Å². The molecule has 1 fully saturated rings. The van der Waals surface area contributed by atoms with Crippen LogP contribution in [0, 0.1) is 5.92 Å². The van der Waals surface area contributed by atoms with Crippen LogP contribution in [0.5, 0.6) is 11.5 Å². The fourth-order valence-electron chi connectivity index (χ4n) is 5.11. The lowest BCUT2D eigenvalue weighted by Gasteiger charge is -2.28. The zero-order valence-corrected chi connectivity index (χ0v) is 17.4. The molecule has 28 heavy (non-hydrogen) atoms. The Morgan fingerprint density at radius 1 is 0.964 bits per heavy atom. The van der Waals surface area contributed by atoms with E-state index in [1.807, 2.05) is 0 Å². The molecule has 2 N–H and O–H groups in total. The van der Waals surface area contributed by atoms with Gasteiger partial charge in [0.05, 0.1) is 12.2 Å². The highest BCUT2D eigenvalue weighted by Gasteiger charge is 2.46. The second kappa shape index (κ2) is 7.57. The van der Waals surface area contributed by atoms with Gasteiger partial charge in [0.2, 0.25) is 0 Å². The van der Waals surface area contributed by atoms with Crippen LogP contribution in [0.1, 0.15) is 69.1 Å². The van der Waals surface area contributed by atoms with Gasteiger partial charge < -0.3 is 19.7 Å². The summed E-state index contributed by atoms with van der Waals surface area (Å²) < 4.78 is 12.5. The Morgan fingerprint density at radius 3 is 2.21 bits per heavy atom. The third kappa shape index (κ3) is 3.27. The van der Waals surface area contributed by atoms with E-state index in [1.165, 1.54) is 23.1 Å². The monoisotopic (exact) mass is 384 g/mol. The van der Waals surface area contributed by atoms with Crippen molar-refractivity contribution >= 4 is 10.8 Å². The molecular formula is C24H32O4. The van der Waals surface area contributed by atoms with Crippen LogP contribution in [-0.4, -0.2) is 35.6 Å². The molecule has 2 aromatic carbocycles. The standard InChI is InChI=1S/C24H32O4/c1-5-16-6-7-18-20(9-16)24(28-12-15(4)26)21-17-8-13(2)19(10-17)22(21)23(18)27-11-14(3)25/h6-7,9,13-15,17,19,25-26H,5,8,10-12H2,1-4H3. The van der Waals surface area contributed by atoms with Crippen molar-refractivity contribution < 1.29 is 19.7 Å². The van der Waals surface area contributed by atoms with Crippen molar-refractivity contribution in [1.29, 1.82) is 0 Å². The minimum Gasteiger partial charge on any atom is -0.490 e. The second-order valence-corrected chi connectivity index (χ2v) is 8.79. The first kappa shape index (κ1) is 19.5. The Labute approximate surface area is 167 Å². The molecule has 4 heteroatoms. The first-order valence-corrected chi connectivity index (χ1v) is 10.6. The summed E-state index contributed by atoms with van der Waals surface area (Å²) in [5.41, 5.74) is 3.82. The van der Waals surface area contributed by atoms with Crippen LogP contribution in [0.4, 0.5) is 0 Å². The molecule has 0 heterocycles. The van der Waals surface area contributed by atoms with Gasteiger partial charge in [-0.1, -0.05) is 26.0 Å². The minimum atomic E-state index is -0.511. The Kier molecular flexibility index (Phi) is 5.28. The summed E-state index contributed by atoms with van der Waals surface area (Å²) in [5, 5.41) is 21.8. The van der Waals surface area contributed by atoms with Gasteiger partial charge in [0.25, 0.3) is 0 Å². The lowest BCUT2D eigenvalue weighted by atomic mass is 9.81. The van der Waals surface area contributed by atoms with Gasteiger partial charge in [0.1, 0.15) is 24.7 Å². The number of aryl methyl sites for hydroxylation is 1. The van der Waals surface area contributed by atoms with Crippen molar-refractivity contribution in [2.45, 2.75) is 71.0 Å². The first-order chi connectivity index (χ1) is 13.4. The van der Waals surface area contributed by atoms with E-state index in [9.17, 15) is 10.2 Å². The summed E-state index contributed by atoms with van der Waals surface area (Å²) in [4.78, 5) is 0. The number of hydrogen-bond acceptors (Lipinski definition) is 4. The molecule has 5 unspecified atom stereocenters. The van der Waals surface area contributed by atoms with E-state index >= 15 is 0 Å². The van der Waals surface area contributed by atoms with Gasteiger partial charge in [0, 0.05) is 21.9 Å². The summed E-state index contributed by atoms with van der Waals surface area (Å²) in [7, 11) is 0. The maximum atomic E-state index is 9.83. The van der Waals surface area contributed by atoms with Gasteiger partial charge in [-0.3, -0.25) is 0 Å². The average Bonchev–Trinajstić information content (AvgIpc) is 3.21. The SMILES string of the molecule is CCc1ccc2c(OCC(C)O)c3c(c(OCC(C)O)c2c1)C1CC(C)C3C1. The lowest BCUT2D eigenvalue weighted by molar-refractivity contribution is 0.120. The number of fused-ring (bicyclic) bond motifs is 6. The molecule has 0 radical (unpaired) electrons. The topological polar surface area (TPSA) is 58.9 Å². The maximum absolute atomic E-state index is 9.83. The third-order valence-corrected chi connectivity index (χ3v) is 6.36. The van der Waals surface area contributed by atoms with Crippen LogP contribution >= 0.6 is 0 Å². The van der Waals surface area contributed by atoms with Crippen LogP contribution in [0.3, 0.4) is 0 Å². The van der Waals surface area contributed by atoms with Gasteiger partial charge in [-0.05, 0) is 62.5 Å². The van der Waals surface area contributed by atoms with Gasteiger partial charge in [-0.25, -0.2) is 0 Å². The van der Waals surface area contributed by atoms with E-state index in [0.717, 1.165) is 35.1 Å². The predicted octanol–water partition coefficient (Wildman–Crippen LogP) is 4.53. The molecule has 0 saturated heterocycles. The second-order valence-electron chi connectivity index (χ2n) is 8.79. The minimum absolute atomic E-state index is 0.288. The Hall–Kier alpha value is -1.78.